The number of carbonyl (C=O) groups excluding carboxylic acids is 6. The molecular weight excluding hydrogens is 851 g/mol. The van der Waals surface area contributed by atoms with Gasteiger partial charge in [-0.15, -0.1) is 8.42 Å². The number of likely N-dealkylation sites (tertiary alicyclic amines) is 2. The number of anilines is 2. The van der Waals surface area contributed by atoms with Gasteiger partial charge in [0.2, 0.25) is 11.8 Å². The largest absolute Gasteiger partial charge is 0.501 e. The van der Waals surface area contributed by atoms with Crippen molar-refractivity contribution in [2.24, 2.45) is 0 Å². The molecule has 0 aliphatic carbocycles. The van der Waals surface area contributed by atoms with Crippen molar-refractivity contribution >= 4 is 57.6 Å². The monoisotopic (exact) mass is 892 g/mol. The Morgan fingerprint density at radius 3 is 1.33 bits per heavy atom. The zero-order valence-corrected chi connectivity index (χ0v) is 34.6. The van der Waals surface area contributed by atoms with E-state index < -0.39 is 105 Å². The van der Waals surface area contributed by atoms with E-state index in [1.54, 1.807) is 60.7 Å². The van der Waals surface area contributed by atoms with Crippen LogP contribution in [0.1, 0.15) is 48.9 Å². The van der Waals surface area contributed by atoms with E-state index in [0.717, 1.165) is 50.6 Å². The zero-order chi connectivity index (χ0) is 45.3. The molecule has 0 bridgehead atoms. The molecule has 18 nitrogen and oxygen atoms in total. The van der Waals surface area contributed by atoms with Crippen LogP contribution in [-0.2, 0) is 39.1 Å². The van der Waals surface area contributed by atoms with Crippen molar-refractivity contribution in [3.8, 4) is 11.5 Å². The predicted octanol–water partition coefficient (Wildman–Crippen LogP) is 4.72. The number of halogens is 2. The van der Waals surface area contributed by atoms with Gasteiger partial charge in [-0.3, -0.25) is 19.2 Å². The van der Waals surface area contributed by atoms with Crippen LogP contribution in [0.15, 0.2) is 97.1 Å². The number of carbonyl (C=O) groups is 6. The molecule has 332 valence electrons. The fourth-order valence-corrected chi connectivity index (χ4v) is 7.90. The lowest BCUT2D eigenvalue weighted by atomic mass is 10.0. The quantitative estimate of drug-likeness (QED) is 0.135. The first-order valence-corrected chi connectivity index (χ1v) is 20.8. The van der Waals surface area contributed by atoms with Crippen molar-refractivity contribution in [2.45, 2.75) is 49.9 Å². The molecule has 4 aromatic carbocycles. The van der Waals surface area contributed by atoms with Gasteiger partial charge in [0.05, 0.1) is 25.6 Å². The first kappa shape index (κ1) is 45.2. The second-order valence-electron chi connectivity index (χ2n) is 14.1. The predicted molar refractivity (Wildman–Crippen MR) is 219 cm³/mol. The summed E-state index contributed by atoms with van der Waals surface area (Å²) in [4.78, 5) is 81.2. The van der Waals surface area contributed by atoms with Crippen LogP contribution < -0.4 is 29.6 Å². The van der Waals surface area contributed by atoms with Gasteiger partial charge in [-0.25, -0.2) is 18.4 Å². The minimum Gasteiger partial charge on any atom is -0.453 e. The Morgan fingerprint density at radius 1 is 0.587 bits per heavy atom. The average Bonchev–Trinajstić information content (AvgIpc) is 3.99. The molecular formula is C42H42F2N6O12S. The van der Waals surface area contributed by atoms with Gasteiger partial charge in [-0.2, -0.15) is 0 Å². The normalized spacial score (nSPS) is 16.8. The molecule has 0 unspecified atom stereocenters. The first-order valence-electron chi connectivity index (χ1n) is 19.4. The lowest BCUT2D eigenvalue weighted by Gasteiger charge is -2.28. The first-order chi connectivity index (χ1) is 30.2. The zero-order valence-electron chi connectivity index (χ0n) is 33.7. The number of nitrogens with one attached hydrogen (secondary N) is 4. The van der Waals surface area contributed by atoms with Crippen LogP contribution in [0, 0.1) is 11.6 Å². The number of rotatable bonds is 14. The number of hydrogen-bond acceptors (Lipinski definition) is 12. The van der Waals surface area contributed by atoms with Gasteiger partial charge in [-0.05, 0) is 61.1 Å². The van der Waals surface area contributed by atoms with Crippen LogP contribution in [0.5, 0.6) is 11.5 Å². The molecule has 0 aromatic heterocycles. The molecule has 0 saturated carbocycles. The smallest absolute Gasteiger partial charge is 0.453 e. The number of benzene rings is 4. The summed E-state index contributed by atoms with van der Waals surface area (Å²) in [7, 11) is -3.03. The fourth-order valence-electron chi connectivity index (χ4n) is 7.17. The number of ether oxygens (including phenoxy) is 2. The highest BCUT2D eigenvalue weighted by molar-refractivity contribution is 7.82. The third-order valence-electron chi connectivity index (χ3n) is 10.2. The molecule has 2 aliphatic rings. The molecule has 4 N–H and O–H groups in total. The van der Waals surface area contributed by atoms with E-state index in [-0.39, 0.29) is 25.9 Å². The van der Waals surface area contributed by atoms with Gasteiger partial charge in [0.1, 0.15) is 24.2 Å². The highest BCUT2D eigenvalue weighted by atomic mass is 32.3. The van der Waals surface area contributed by atoms with Crippen molar-refractivity contribution < 1.29 is 63.8 Å². The molecule has 2 heterocycles. The molecule has 4 atom stereocenters. The summed E-state index contributed by atoms with van der Waals surface area (Å²) in [6, 6.07) is 18.2. The van der Waals surface area contributed by atoms with Crippen LogP contribution in [0.2, 0.25) is 0 Å². The highest BCUT2D eigenvalue weighted by Gasteiger charge is 2.40. The Labute approximate surface area is 360 Å². The molecule has 4 aromatic rings. The van der Waals surface area contributed by atoms with E-state index in [9.17, 15) is 37.2 Å². The van der Waals surface area contributed by atoms with Gasteiger partial charge >= 0.3 is 22.6 Å². The fraction of sp³-hybridized carbons (Fsp3) is 0.286. The van der Waals surface area contributed by atoms with Crippen LogP contribution in [0.3, 0.4) is 0 Å². The van der Waals surface area contributed by atoms with E-state index >= 15 is 8.78 Å². The second kappa shape index (κ2) is 20.1. The summed E-state index contributed by atoms with van der Waals surface area (Å²) in [6.07, 6.45) is -0.606. The summed E-state index contributed by atoms with van der Waals surface area (Å²) >= 11 is 0. The van der Waals surface area contributed by atoms with Crippen molar-refractivity contribution in [3.63, 3.8) is 0 Å². The van der Waals surface area contributed by atoms with Crippen molar-refractivity contribution in [1.82, 2.24) is 20.4 Å². The van der Waals surface area contributed by atoms with Crippen LogP contribution in [-0.4, -0.2) is 93.4 Å². The lowest BCUT2D eigenvalue weighted by molar-refractivity contribution is -0.138. The van der Waals surface area contributed by atoms with Crippen LogP contribution in [0.4, 0.5) is 29.7 Å². The van der Waals surface area contributed by atoms with Crippen LogP contribution in [0.25, 0.3) is 0 Å². The molecule has 6 amide bonds. The maximum atomic E-state index is 15.7. The van der Waals surface area contributed by atoms with Gasteiger partial charge in [-0.1, -0.05) is 72.8 Å². The van der Waals surface area contributed by atoms with Crippen molar-refractivity contribution in [3.05, 3.63) is 120 Å². The van der Waals surface area contributed by atoms with E-state index in [1.165, 1.54) is 9.80 Å². The van der Waals surface area contributed by atoms with Crippen molar-refractivity contribution in [2.75, 3.05) is 37.9 Å². The third-order valence-corrected chi connectivity index (χ3v) is 10.9. The maximum Gasteiger partial charge on any atom is 0.501 e. The molecule has 2 aliphatic heterocycles. The minimum absolute atomic E-state index is 0.135. The maximum absolute atomic E-state index is 15.7. The average molecular weight is 893 g/mol. The lowest BCUT2D eigenvalue weighted by Crippen LogP contribution is -2.48. The Kier molecular flexibility index (Phi) is 14.4. The Morgan fingerprint density at radius 2 is 0.968 bits per heavy atom. The molecule has 2 saturated heterocycles. The van der Waals surface area contributed by atoms with E-state index in [2.05, 4.69) is 30.7 Å². The summed E-state index contributed by atoms with van der Waals surface area (Å²) in [5, 5.41) is 9.65. The standard InChI is InChI=1S/C42H42F2N6O12S/c1-59-41(55)47-35(25-13-5-3-6-14-25)39(53)49-23-11-19-29(49)37(51)45-27-17-9-21-31(33(27)43)61-63(57,58)62-32-22-10-18-28(34(32)44)46-38(52)30-20-12-24-50(30)40(54)36(48-42(56)60-2)26-15-7-4-8-16-26/h3-10,13-18,21-22,29-30,35-36H,11-12,19-20,23-24H2,1-2H3,(H,45,51)(H,46,52)(H,47,55)(H,48,56)/t29-,30+,35-,36-/m1/s1. The number of amides is 6. The SMILES string of the molecule is COC(=O)N[C@@H](C(=O)N1CCC[C@@H]1C(=O)Nc1cccc(OS(=O)(=O)Oc2cccc(NC(=O)[C@@H]3CCCN3C(=O)[C@H](NC(=O)OC)c3ccccc3)c2F)c1F)c1ccccc1. The van der Waals surface area contributed by atoms with E-state index in [4.69, 9.17) is 8.37 Å². The van der Waals surface area contributed by atoms with E-state index in [1.807, 2.05) is 0 Å². The Balaban J connectivity index is 1.11. The van der Waals surface area contributed by atoms with Gasteiger partial charge in [0.25, 0.3) is 11.8 Å². The topological polar surface area (TPSA) is 228 Å². The summed E-state index contributed by atoms with van der Waals surface area (Å²) in [5.41, 5.74) is -0.205. The molecule has 21 heteroatoms. The molecule has 0 radical (unpaired) electrons. The number of methoxy groups -OCH3 is 2. The minimum atomic E-state index is -5.29. The molecule has 63 heavy (non-hydrogen) atoms. The van der Waals surface area contributed by atoms with Gasteiger partial charge in [0.15, 0.2) is 23.1 Å². The molecule has 2 fully saturated rings. The van der Waals surface area contributed by atoms with E-state index in [0.29, 0.717) is 24.0 Å². The van der Waals surface area contributed by atoms with Gasteiger partial charge < -0.3 is 48.9 Å². The number of alkyl carbamates (subject to hydrolysis) is 2. The summed E-state index contributed by atoms with van der Waals surface area (Å²) in [5.74, 6) is -7.47. The summed E-state index contributed by atoms with van der Waals surface area (Å²) < 4.78 is 76.6. The molecule has 6 rings (SSSR count). The van der Waals surface area contributed by atoms with Crippen LogP contribution >= 0.6 is 0 Å². The number of hydrogen-bond donors (Lipinski definition) is 4. The number of nitrogens with zero attached hydrogens (tertiary/aromatic N) is 2. The van der Waals surface area contributed by atoms with Crippen molar-refractivity contribution in [1.29, 1.82) is 0 Å². The highest BCUT2D eigenvalue weighted by Crippen LogP contribution is 2.32. The summed E-state index contributed by atoms with van der Waals surface area (Å²) in [6.45, 7) is 0.270. The molecule has 0 spiro atoms. The second-order valence-corrected chi connectivity index (χ2v) is 15.3. The Hall–Kier alpha value is -7.29. The van der Waals surface area contributed by atoms with Gasteiger partial charge in [0, 0.05) is 13.1 Å². The third kappa shape index (κ3) is 10.8. The Bertz CT molecular complexity index is 2300.